The van der Waals surface area contributed by atoms with Crippen LogP contribution in [0.1, 0.15) is 36.1 Å². The maximum Gasteiger partial charge on any atom is 0.267 e. The first kappa shape index (κ1) is 11.9. The summed E-state index contributed by atoms with van der Waals surface area (Å²) in [5.41, 5.74) is 7.15. The number of hydrogen-bond donors (Lipinski definition) is 1. The average molecular weight is 215 g/mol. The SMILES string of the molecule is COc1c(C(F)F)ccc(C)c1C(C)N. The first-order chi connectivity index (χ1) is 6.99. The Morgan fingerprint density at radius 3 is 2.33 bits per heavy atom. The molecule has 2 N–H and O–H groups in total. The van der Waals surface area contributed by atoms with Gasteiger partial charge < -0.3 is 10.5 Å². The molecule has 0 aliphatic heterocycles. The second-order valence-corrected chi connectivity index (χ2v) is 3.51. The van der Waals surface area contributed by atoms with Crippen molar-refractivity contribution in [3.63, 3.8) is 0 Å². The normalized spacial score (nSPS) is 13.0. The van der Waals surface area contributed by atoms with Gasteiger partial charge in [-0.25, -0.2) is 8.78 Å². The van der Waals surface area contributed by atoms with Gasteiger partial charge in [0, 0.05) is 11.6 Å². The van der Waals surface area contributed by atoms with E-state index in [2.05, 4.69) is 0 Å². The fourth-order valence-electron chi connectivity index (χ4n) is 1.68. The van der Waals surface area contributed by atoms with E-state index in [1.165, 1.54) is 13.2 Å². The van der Waals surface area contributed by atoms with Crippen LogP contribution in [0, 0.1) is 6.92 Å². The van der Waals surface area contributed by atoms with Gasteiger partial charge in [-0.15, -0.1) is 0 Å². The molecule has 0 radical (unpaired) electrons. The predicted molar refractivity (Wildman–Crippen MR) is 55.3 cm³/mol. The highest BCUT2D eigenvalue weighted by atomic mass is 19.3. The van der Waals surface area contributed by atoms with Gasteiger partial charge in [0.05, 0.1) is 12.7 Å². The molecule has 2 nitrogen and oxygen atoms in total. The van der Waals surface area contributed by atoms with Crippen molar-refractivity contribution in [3.8, 4) is 5.75 Å². The Morgan fingerprint density at radius 1 is 1.33 bits per heavy atom. The summed E-state index contributed by atoms with van der Waals surface area (Å²) in [7, 11) is 1.38. The molecule has 0 aliphatic carbocycles. The fraction of sp³-hybridized carbons (Fsp3) is 0.455. The van der Waals surface area contributed by atoms with Crippen molar-refractivity contribution in [3.05, 3.63) is 28.8 Å². The molecule has 0 amide bonds. The summed E-state index contributed by atoms with van der Waals surface area (Å²) in [6.07, 6.45) is -2.54. The van der Waals surface area contributed by atoms with E-state index in [1.54, 1.807) is 13.0 Å². The summed E-state index contributed by atoms with van der Waals surface area (Å²) in [5, 5.41) is 0. The lowest BCUT2D eigenvalue weighted by Crippen LogP contribution is -2.10. The minimum Gasteiger partial charge on any atom is -0.496 e. The van der Waals surface area contributed by atoms with Crippen molar-refractivity contribution in [2.24, 2.45) is 5.73 Å². The van der Waals surface area contributed by atoms with Gasteiger partial charge in [0.2, 0.25) is 0 Å². The highest BCUT2D eigenvalue weighted by molar-refractivity contribution is 5.48. The third-order valence-electron chi connectivity index (χ3n) is 2.34. The quantitative estimate of drug-likeness (QED) is 0.841. The Kier molecular flexibility index (Phi) is 3.63. The molecule has 4 heteroatoms. The van der Waals surface area contributed by atoms with Crippen LogP contribution in [0.5, 0.6) is 5.75 Å². The number of aryl methyl sites for hydroxylation is 1. The fourth-order valence-corrected chi connectivity index (χ4v) is 1.68. The van der Waals surface area contributed by atoms with Crippen LogP contribution in [0.15, 0.2) is 12.1 Å². The van der Waals surface area contributed by atoms with E-state index in [0.29, 0.717) is 5.56 Å². The maximum atomic E-state index is 12.7. The third-order valence-corrected chi connectivity index (χ3v) is 2.34. The van der Waals surface area contributed by atoms with Crippen LogP contribution in [-0.2, 0) is 0 Å². The van der Waals surface area contributed by atoms with E-state index in [9.17, 15) is 8.78 Å². The number of rotatable bonds is 3. The molecule has 1 atom stereocenters. The predicted octanol–water partition coefficient (Wildman–Crippen LogP) is 2.96. The molecule has 0 saturated heterocycles. The van der Waals surface area contributed by atoms with Crippen molar-refractivity contribution in [2.75, 3.05) is 7.11 Å². The summed E-state index contributed by atoms with van der Waals surface area (Å²) >= 11 is 0. The van der Waals surface area contributed by atoms with Crippen LogP contribution in [0.25, 0.3) is 0 Å². The van der Waals surface area contributed by atoms with Crippen molar-refractivity contribution >= 4 is 0 Å². The number of ether oxygens (including phenoxy) is 1. The molecule has 1 aromatic carbocycles. The third kappa shape index (κ3) is 2.26. The van der Waals surface area contributed by atoms with Crippen LogP contribution < -0.4 is 10.5 Å². The van der Waals surface area contributed by atoms with Crippen LogP contribution in [0.3, 0.4) is 0 Å². The van der Waals surface area contributed by atoms with Gasteiger partial charge in [-0.2, -0.15) is 0 Å². The van der Waals surface area contributed by atoms with Crippen molar-refractivity contribution in [2.45, 2.75) is 26.3 Å². The summed E-state index contributed by atoms with van der Waals surface area (Å²) in [5.74, 6) is 0.208. The van der Waals surface area contributed by atoms with Gasteiger partial charge in [0.25, 0.3) is 6.43 Å². The standard InChI is InChI=1S/C11H15F2NO/c1-6-4-5-8(11(12)13)10(15-3)9(6)7(2)14/h4-5,7,11H,14H2,1-3H3. The van der Waals surface area contributed by atoms with E-state index in [1.807, 2.05) is 6.92 Å². The van der Waals surface area contributed by atoms with E-state index < -0.39 is 6.43 Å². The molecule has 0 heterocycles. The number of nitrogens with two attached hydrogens (primary N) is 1. The summed E-state index contributed by atoms with van der Waals surface area (Å²) in [6, 6.07) is 2.70. The molecular weight excluding hydrogens is 200 g/mol. The molecule has 0 aromatic heterocycles. The zero-order valence-electron chi connectivity index (χ0n) is 9.05. The second kappa shape index (κ2) is 4.57. The largest absolute Gasteiger partial charge is 0.496 e. The van der Waals surface area contributed by atoms with Gasteiger partial charge in [-0.3, -0.25) is 0 Å². The molecule has 84 valence electrons. The monoisotopic (exact) mass is 215 g/mol. The minimum absolute atomic E-state index is 0.101. The molecule has 15 heavy (non-hydrogen) atoms. The smallest absolute Gasteiger partial charge is 0.267 e. The van der Waals surface area contributed by atoms with Crippen molar-refractivity contribution < 1.29 is 13.5 Å². The summed E-state index contributed by atoms with van der Waals surface area (Å²) < 4.78 is 30.4. The number of alkyl halides is 2. The van der Waals surface area contributed by atoms with E-state index in [0.717, 1.165) is 5.56 Å². The Morgan fingerprint density at radius 2 is 1.93 bits per heavy atom. The summed E-state index contributed by atoms with van der Waals surface area (Å²) in [6.45, 7) is 3.58. The second-order valence-electron chi connectivity index (χ2n) is 3.51. The first-order valence-corrected chi connectivity index (χ1v) is 4.70. The zero-order valence-corrected chi connectivity index (χ0v) is 9.05. The van der Waals surface area contributed by atoms with Crippen LogP contribution in [0.4, 0.5) is 8.78 Å². The highest BCUT2D eigenvalue weighted by Crippen LogP contribution is 2.36. The maximum absolute atomic E-state index is 12.7. The number of hydrogen-bond acceptors (Lipinski definition) is 2. The van der Waals surface area contributed by atoms with Gasteiger partial charge in [-0.1, -0.05) is 6.07 Å². The first-order valence-electron chi connectivity index (χ1n) is 4.70. The van der Waals surface area contributed by atoms with Gasteiger partial charge in [0.1, 0.15) is 5.75 Å². The number of methoxy groups -OCH3 is 1. The Bertz CT molecular complexity index is 351. The lowest BCUT2D eigenvalue weighted by Gasteiger charge is -2.18. The molecule has 0 aliphatic rings. The van der Waals surface area contributed by atoms with Crippen LogP contribution >= 0.6 is 0 Å². The topological polar surface area (TPSA) is 35.2 Å². The van der Waals surface area contributed by atoms with Crippen molar-refractivity contribution in [1.82, 2.24) is 0 Å². The molecule has 0 saturated carbocycles. The average Bonchev–Trinajstić information content (AvgIpc) is 2.15. The Hall–Kier alpha value is -1.16. The van der Waals surface area contributed by atoms with E-state index in [-0.39, 0.29) is 17.4 Å². The van der Waals surface area contributed by atoms with Crippen molar-refractivity contribution in [1.29, 1.82) is 0 Å². The minimum atomic E-state index is -2.54. The molecule has 0 spiro atoms. The zero-order chi connectivity index (χ0) is 11.6. The van der Waals surface area contributed by atoms with E-state index in [4.69, 9.17) is 10.5 Å². The van der Waals surface area contributed by atoms with Crippen LogP contribution in [0.2, 0.25) is 0 Å². The molecule has 1 rings (SSSR count). The Labute approximate surface area is 88.0 Å². The summed E-state index contributed by atoms with van der Waals surface area (Å²) in [4.78, 5) is 0. The number of benzene rings is 1. The molecule has 1 unspecified atom stereocenters. The van der Waals surface area contributed by atoms with Gasteiger partial charge in [0.15, 0.2) is 0 Å². The Balaban J connectivity index is 3.40. The highest BCUT2D eigenvalue weighted by Gasteiger charge is 2.20. The number of halogens is 2. The molecular formula is C11H15F2NO. The lowest BCUT2D eigenvalue weighted by atomic mass is 9.98. The van der Waals surface area contributed by atoms with Crippen LogP contribution in [-0.4, -0.2) is 7.11 Å². The lowest BCUT2D eigenvalue weighted by molar-refractivity contribution is 0.146. The van der Waals surface area contributed by atoms with Gasteiger partial charge >= 0.3 is 0 Å². The van der Waals surface area contributed by atoms with Gasteiger partial charge in [-0.05, 0) is 25.5 Å². The molecule has 0 bridgehead atoms. The van der Waals surface area contributed by atoms with E-state index >= 15 is 0 Å². The molecule has 0 fully saturated rings. The molecule has 1 aromatic rings.